The standard InChI is InChI=1S/C14H19BrN2O6/c1-2-5-22-7-9-10(18)11(19)13(23-9)17-6-8(3-4-15)12(20)16-14(17)21/h3-4,6,9-11,13,18-19H,2,5,7H2,1H3,(H,16,20,21)/b4-3+/t9-,10-,11+,13?/m1/s1/i2D/t2?,9-,10-,11+,13?. The molecule has 9 heteroatoms. The normalized spacial score (nSPS) is 29.8. The maximum atomic E-state index is 12.0. The monoisotopic (exact) mass is 391 g/mol. The Morgan fingerprint density at radius 1 is 1.52 bits per heavy atom. The topological polar surface area (TPSA) is 114 Å². The van der Waals surface area contributed by atoms with E-state index in [1.54, 1.807) is 6.92 Å². The highest BCUT2D eigenvalue weighted by Crippen LogP contribution is 2.28. The van der Waals surface area contributed by atoms with Crippen molar-refractivity contribution in [1.29, 1.82) is 0 Å². The summed E-state index contributed by atoms with van der Waals surface area (Å²) in [4.78, 5) is 27.2. The number of nitrogens with one attached hydrogen (secondary N) is 1. The van der Waals surface area contributed by atoms with Gasteiger partial charge in [0.1, 0.15) is 18.3 Å². The van der Waals surface area contributed by atoms with Gasteiger partial charge in [-0.15, -0.1) is 0 Å². The number of aliphatic hydroxyl groups is 2. The first kappa shape index (κ1) is 16.6. The van der Waals surface area contributed by atoms with Crippen LogP contribution in [0.1, 0.15) is 26.5 Å². The molecular weight excluding hydrogens is 372 g/mol. The van der Waals surface area contributed by atoms with Crippen LogP contribution in [0.15, 0.2) is 20.8 Å². The molecule has 1 aliphatic heterocycles. The molecule has 1 fully saturated rings. The van der Waals surface area contributed by atoms with E-state index in [-0.39, 0.29) is 18.8 Å². The molecule has 0 bridgehead atoms. The minimum Gasteiger partial charge on any atom is -0.387 e. The molecule has 0 aliphatic carbocycles. The predicted octanol–water partition coefficient (Wildman–Crippen LogP) is -0.0520. The zero-order valence-corrected chi connectivity index (χ0v) is 14.0. The SMILES string of the molecule is [2H]C(C)COC[C@H]1OC(n2cc(/C=C/Br)c(=O)[nH]c2=O)[C@@H](O)[C@@H]1O. The van der Waals surface area contributed by atoms with Crippen LogP contribution in [0.5, 0.6) is 0 Å². The molecule has 5 atom stereocenters. The maximum Gasteiger partial charge on any atom is 0.330 e. The number of halogens is 1. The molecule has 128 valence electrons. The van der Waals surface area contributed by atoms with Crippen molar-refractivity contribution in [2.75, 3.05) is 13.2 Å². The van der Waals surface area contributed by atoms with Gasteiger partial charge in [-0.3, -0.25) is 14.3 Å². The second-order valence-electron chi connectivity index (χ2n) is 5.04. The van der Waals surface area contributed by atoms with E-state index >= 15 is 0 Å². The third kappa shape index (κ3) is 3.99. The first-order valence-corrected chi connectivity index (χ1v) is 7.90. The van der Waals surface area contributed by atoms with Gasteiger partial charge in [0.15, 0.2) is 6.23 Å². The van der Waals surface area contributed by atoms with Crippen molar-refractivity contribution in [3.8, 4) is 0 Å². The van der Waals surface area contributed by atoms with E-state index in [1.165, 1.54) is 17.3 Å². The largest absolute Gasteiger partial charge is 0.387 e. The Kier molecular flexibility index (Phi) is 5.79. The summed E-state index contributed by atoms with van der Waals surface area (Å²) in [7, 11) is 0. The molecule has 2 unspecified atom stereocenters. The van der Waals surface area contributed by atoms with E-state index in [1.807, 2.05) is 0 Å². The third-order valence-electron chi connectivity index (χ3n) is 3.42. The number of aromatic amines is 1. The second-order valence-corrected chi connectivity index (χ2v) is 5.56. The van der Waals surface area contributed by atoms with Crippen LogP contribution in [0.3, 0.4) is 0 Å². The van der Waals surface area contributed by atoms with E-state index in [9.17, 15) is 19.8 Å². The Balaban J connectivity index is 2.21. The van der Waals surface area contributed by atoms with E-state index in [4.69, 9.17) is 10.8 Å². The first-order chi connectivity index (χ1) is 11.3. The third-order valence-corrected chi connectivity index (χ3v) is 3.68. The summed E-state index contributed by atoms with van der Waals surface area (Å²) in [6.45, 7) is 1.79. The summed E-state index contributed by atoms with van der Waals surface area (Å²) in [5.41, 5.74) is -1.16. The van der Waals surface area contributed by atoms with Crippen molar-refractivity contribution >= 4 is 22.0 Å². The molecule has 0 aromatic carbocycles. The van der Waals surface area contributed by atoms with Crippen LogP contribution in [-0.2, 0) is 9.47 Å². The minimum atomic E-state index is -1.36. The minimum absolute atomic E-state index is 0.0236. The van der Waals surface area contributed by atoms with Gasteiger partial charge in [0.2, 0.25) is 0 Å². The van der Waals surface area contributed by atoms with E-state index in [0.717, 1.165) is 4.57 Å². The van der Waals surface area contributed by atoms with Gasteiger partial charge in [-0.2, -0.15) is 0 Å². The highest BCUT2D eigenvalue weighted by atomic mass is 79.9. The van der Waals surface area contributed by atoms with Gasteiger partial charge in [0, 0.05) is 14.2 Å². The van der Waals surface area contributed by atoms with Crippen LogP contribution in [0, 0.1) is 0 Å². The molecule has 1 saturated heterocycles. The summed E-state index contributed by atoms with van der Waals surface area (Å²) in [5.74, 6) is 0. The molecular formula is C14H19BrN2O6. The molecule has 0 saturated carbocycles. The zero-order valence-electron chi connectivity index (χ0n) is 13.4. The van der Waals surface area contributed by atoms with Crippen molar-refractivity contribution in [2.24, 2.45) is 0 Å². The van der Waals surface area contributed by atoms with Gasteiger partial charge in [0.25, 0.3) is 5.56 Å². The highest BCUT2D eigenvalue weighted by molar-refractivity contribution is 9.11. The van der Waals surface area contributed by atoms with Gasteiger partial charge in [-0.05, 0) is 17.5 Å². The van der Waals surface area contributed by atoms with E-state index in [0.29, 0.717) is 0 Å². The van der Waals surface area contributed by atoms with E-state index < -0.39 is 42.2 Å². The fraction of sp³-hybridized carbons (Fsp3) is 0.571. The first-order valence-electron chi connectivity index (χ1n) is 7.56. The fourth-order valence-corrected chi connectivity index (χ4v) is 2.56. The zero-order chi connectivity index (χ0) is 17.9. The van der Waals surface area contributed by atoms with Crippen LogP contribution in [-0.4, -0.2) is 51.3 Å². The molecule has 8 nitrogen and oxygen atoms in total. The van der Waals surface area contributed by atoms with Crippen LogP contribution < -0.4 is 11.2 Å². The summed E-state index contributed by atoms with van der Waals surface area (Å²) < 4.78 is 19.2. The van der Waals surface area contributed by atoms with Crippen LogP contribution in [0.2, 0.25) is 0 Å². The van der Waals surface area contributed by atoms with E-state index in [2.05, 4.69) is 20.9 Å². The number of rotatable bonds is 6. The van der Waals surface area contributed by atoms with Crippen molar-refractivity contribution in [3.63, 3.8) is 0 Å². The van der Waals surface area contributed by atoms with Crippen molar-refractivity contribution in [3.05, 3.63) is 37.6 Å². The number of nitrogens with zero attached hydrogens (tertiary/aromatic N) is 1. The molecule has 23 heavy (non-hydrogen) atoms. The van der Waals surface area contributed by atoms with Gasteiger partial charge in [-0.1, -0.05) is 22.9 Å². The number of hydrogen-bond donors (Lipinski definition) is 3. The predicted molar refractivity (Wildman–Crippen MR) is 86.3 cm³/mol. The Labute approximate surface area is 141 Å². The number of ether oxygens (including phenoxy) is 2. The second kappa shape index (κ2) is 8.02. The lowest BCUT2D eigenvalue weighted by Gasteiger charge is -2.17. The van der Waals surface area contributed by atoms with Crippen molar-refractivity contribution in [2.45, 2.75) is 37.9 Å². The Bertz CT molecular complexity index is 703. The number of aromatic nitrogens is 2. The van der Waals surface area contributed by atoms with Crippen molar-refractivity contribution < 1.29 is 21.1 Å². The molecule has 3 N–H and O–H groups in total. The lowest BCUT2D eigenvalue weighted by molar-refractivity contribution is -0.0682. The number of H-pyrrole nitrogens is 1. The molecule has 0 amide bonds. The summed E-state index contributed by atoms with van der Waals surface area (Å²) in [5, 5.41) is 20.2. The maximum absolute atomic E-state index is 12.0. The van der Waals surface area contributed by atoms with Crippen LogP contribution in [0.4, 0.5) is 0 Å². The molecule has 2 rings (SSSR count). The van der Waals surface area contributed by atoms with Gasteiger partial charge < -0.3 is 19.7 Å². The summed E-state index contributed by atoms with van der Waals surface area (Å²) in [6, 6.07) is 0. The Morgan fingerprint density at radius 3 is 2.91 bits per heavy atom. The average Bonchev–Trinajstić information content (AvgIpc) is 2.78. The molecule has 0 spiro atoms. The lowest BCUT2D eigenvalue weighted by atomic mass is 10.1. The molecule has 1 aromatic heterocycles. The quantitative estimate of drug-likeness (QED) is 0.626. The number of aliphatic hydroxyl groups excluding tert-OH is 2. The lowest BCUT2D eigenvalue weighted by Crippen LogP contribution is -2.38. The van der Waals surface area contributed by atoms with Crippen LogP contribution in [0.25, 0.3) is 6.08 Å². The molecule has 2 heterocycles. The van der Waals surface area contributed by atoms with Gasteiger partial charge >= 0.3 is 5.69 Å². The molecule has 1 aliphatic rings. The van der Waals surface area contributed by atoms with Crippen LogP contribution >= 0.6 is 15.9 Å². The van der Waals surface area contributed by atoms with Gasteiger partial charge in [-0.25, -0.2) is 4.79 Å². The fourth-order valence-electron chi connectivity index (χ4n) is 2.28. The molecule has 0 radical (unpaired) electrons. The highest BCUT2D eigenvalue weighted by Gasteiger charge is 2.44. The number of hydrogen-bond acceptors (Lipinski definition) is 6. The summed E-state index contributed by atoms with van der Waals surface area (Å²) >= 11 is 3.04. The Hall–Kier alpha value is -1.26. The molecule has 1 aromatic rings. The van der Waals surface area contributed by atoms with Crippen molar-refractivity contribution in [1.82, 2.24) is 9.55 Å². The smallest absolute Gasteiger partial charge is 0.330 e. The summed E-state index contributed by atoms with van der Waals surface area (Å²) in [6.07, 6.45) is -2.38. The average molecular weight is 392 g/mol. The van der Waals surface area contributed by atoms with Gasteiger partial charge in [0.05, 0.1) is 12.2 Å². The Morgan fingerprint density at radius 2 is 2.26 bits per heavy atom.